The average molecular weight is 267 g/mol. The Morgan fingerprint density at radius 1 is 1.58 bits per heavy atom. The van der Waals surface area contributed by atoms with Crippen molar-refractivity contribution in [1.29, 1.82) is 0 Å². The molecular weight excluding hydrogens is 254 g/mol. The number of esters is 1. The predicted molar refractivity (Wildman–Crippen MR) is 64.4 cm³/mol. The van der Waals surface area contributed by atoms with E-state index < -0.39 is 28.8 Å². The molecule has 0 aromatic carbocycles. The minimum atomic E-state index is -0.818. The van der Waals surface area contributed by atoms with E-state index in [2.05, 4.69) is 15.0 Å². The first-order valence-corrected chi connectivity index (χ1v) is 5.66. The van der Waals surface area contributed by atoms with E-state index in [1.54, 1.807) is 13.0 Å². The number of H-pyrrole nitrogens is 1. The van der Waals surface area contributed by atoms with Crippen LogP contribution >= 0.6 is 0 Å². The molecule has 8 nitrogen and oxygen atoms in total. The fraction of sp³-hybridized carbons (Fsp3) is 0.455. The Morgan fingerprint density at radius 3 is 2.79 bits per heavy atom. The van der Waals surface area contributed by atoms with E-state index in [1.807, 2.05) is 0 Å². The zero-order chi connectivity index (χ0) is 14.2. The molecule has 0 bridgehead atoms. The molecule has 0 spiro atoms. The Hall–Kier alpha value is -2.38. The van der Waals surface area contributed by atoms with Crippen molar-refractivity contribution in [2.24, 2.45) is 5.92 Å². The van der Waals surface area contributed by atoms with Crippen molar-refractivity contribution in [1.82, 2.24) is 4.98 Å². The van der Waals surface area contributed by atoms with Gasteiger partial charge in [0, 0.05) is 17.0 Å². The molecule has 1 fully saturated rings. The fourth-order valence-corrected chi connectivity index (χ4v) is 1.87. The summed E-state index contributed by atoms with van der Waals surface area (Å²) in [5.41, 5.74) is 1.09. The van der Waals surface area contributed by atoms with Crippen molar-refractivity contribution in [2.75, 3.05) is 12.4 Å². The molecule has 19 heavy (non-hydrogen) atoms. The van der Waals surface area contributed by atoms with Crippen molar-refractivity contribution >= 4 is 17.6 Å². The van der Waals surface area contributed by atoms with Crippen molar-refractivity contribution < 1.29 is 19.2 Å². The number of carbonyl (C=O) groups is 2. The van der Waals surface area contributed by atoms with Gasteiger partial charge in [0.25, 0.3) is 0 Å². The molecular formula is C11H13N3O5. The number of aromatic amines is 1. The highest BCUT2D eigenvalue weighted by Crippen LogP contribution is 2.34. The van der Waals surface area contributed by atoms with Gasteiger partial charge in [-0.15, -0.1) is 0 Å². The number of aromatic nitrogens is 1. The molecule has 1 aliphatic rings. The second kappa shape index (κ2) is 4.71. The lowest BCUT2D eigenvalue weighted by molar-refractivity contribution is -0.497. The van der Waals surface area contributed by atoms with Gasteiger partial charge in [-0.3, -0.25) is 14.9 Å². The van der Waals surface area contributed by atoms with E-state index in [4.69, 9.17) is 0 Å². The maximum atomic E-state index is 11.8. The first-order chi connectivity index (χ1) is 8.93. The minimum Gasteiger partial charge on any atom is -0.464 e. The molecule has 0 unspecified atom stereocenters. The van der Waals surface area contributed by atoms with E-state index in [0.29, 0.717) is 5.69 Å². The van der Waals surface area contributed by atoms with Gasteiger partial charge in [-0.05, 0) is 13.0 Å². The summed E-state index contributed by atoms with van der Waals surface area (Å²) in [6, 6.07) is 0.759. The Balaban J connectivity index is 2.09. The van der Waals surface area contributed by atoms with Gasteiger partial charge in [-0.2, -0.15) is 0 Å². The number of hydrogen-bond donors (Lipinski definition) is 2. The molecule has 1 amide bonds. The number of hydrogen-bond acceptors (Lipinski definition) is 5. The second-order valence-electron chi connectivity index (χ2n) is 4.42. The normalized spacial score (nSPS) is 20.7. The molecule has 1 aliphatic carbocycles. The number of nitrogens with one attached hydrogen (secondary N) is 2. The second-order valence-corrected chi connectivity index (χ2v) is 4.42. The quantitative estimate of drug-likeness (QED) is 0.473. The zero-order valence-corrected chi connectivity index (χ0v) is 10.4. The predicted octanol–water partition coefficient (Wildman–Crippen LogP) is 0.713. The monoisotopic (exact) mass is 267 g/mol. The minimum absolute atomic E-state index is 0.131. The van der Waals surface area contributed by atoms with Gasteiger partial charge in [-0.1, -0.05) is 0 Å². The number of ether oxygens (including phenoxy) is 1. The summed E-state index contributed by atoms with van der Waals surface area (Å²) >= 11 is 0. The third-order valence-electron chi connectivity index (χ3n) is 2.96. The summed E-state index contributed by atoms with van der Waals surface area (Å²) in [4.78, 5) is 36.1. The number of amides is 1. The molecule has 2 atom stereocenters. The van der Waals surface area contributed by atoms with E-state index >= 15 is 0 Å². The third kappa shape index (κ3) is 2.56. The highest BCUT2D eigenvalue weighted by molar-refractivity contribution is 6.01. The van der Waals surface area contributed by atoms with Crippen LogP contribution in [-0.2, 0) is 9.53 Å². The lowest BCUT2D eigenvalue weighted by Gasteiger charge is -2.04. The Labute approximate surface area is 108 Å². The van der Waals surface area contributed by atoms with Crippen LogP contribution in [0.15, 0.2) is 6.07 Å². The zero-order valence-electron chi connectivity index (χ0n) is 10.4. The fourth-order valence-electron chi connectivity index (χ4n) is 1.87. The number of nitrogens with zero attached hydrogens (tertiary/aromatic N) is 1. The molecule has 102 valence electrons. The first-order valence-electron chi connectivity index (χ1n) is 5.66. The largest absolute Gasteiger partial charge is 0.464 e. The van der Waals surface area contributed by atoms with Crippen LogP contribution in [0.5, 0.6) is 0 Å². The Bertz CT molecular complexity index is 551. The van der Waals surface area contributed by atoms with E-state index in [9.17, 15) is 19.7 Å². The van der Waals surface area contributed by atoms with E-state index in [0.717, 1.165) is 0 Å². The Kier molecular flexibility index (Phi) is 3.24. The topological polar surface area (TPSA) is 114 Å². The summed E-state index contributed by atoms with van der Waals surface area (Å²) in [5.74, 6) is -1.69. The summed E-state index contributed by atoms with van der Waals surface area (Å²) in [5, 5.41) is 13.0. The summed E-state index contributed by atoms with van der Waals surface area (Å²) < 4.78 is 4.58. The van der Waals surface area contributed by atoms with Crippen LogP contribution in [0.2, 0.25) is 0 Å². The van der Waals surface area contributed by atoms with Crippen LogP contribution in [0, 0.1) is 23.0 Å². The molecule has 1 heterocycles. The van der Waals surface area contributed by atoms with Crippen molar-refractivity contribution in [3.63, 3.8) is 0 Å². The SMILES string of the molecule is COC(=O)c1[nH]c(C)cc1NC(=O)[C@H]1C[C@H]1[N+](=O)[O-]. The van der Waals surface area contributed by atoms with Crippen molar-refractivity contribution in [3.8, 4) is 0 Å². The lowest BCUT2D eigenvalue weighted by Crippen LogP contribution is -2.19. The standard InChI is InChI=1S/C11H13N3O5/c1-5-3-7(9(12-5)11(16)19-2)13-10(15)6-4-8(6)14(17)18/h3,6,8,12H,4H2,1-2H3,(H,13,15)/t6-,8+/m0/s1. The molecule has 1 aromatic rings. The highest BCUT2D eigenvalue weighted by atomic mass is 16.6. The smallest absolute Gasteiger partial charge is 0.356 e. The summed E-state index contributed by atoms with van der Waals surface area (Å²) in [6.07, 6.45) is 0.232. The van der Waals surface area contributed by atoms with Crippen LogP contribution in [0.3, 0.4) is 0 Å². The third-order valence-corrected chi connectivity index (χ3v) is 2.96. The van der Waals surface area contributed by atoms with Gasteiger partial charge >= 0.3 is 5.97 Å². The number of nitro groups is 1. The van der Waals surface area contributed by atoms with Gasteiger partial charge in [0.1, 0.15) is 11.6 Å². The molecule has 1 aromatic heterocycles. The van der Waals surface area contributed by atoms with Crippen LogP contribution in [-0.4, -0.2) is 34.9 Å². The van der Waals surface area contributed by atoms with Gasteiger partial charge in [0.05, 0.1) is 12.8 Å². The molecule has 8 heteroatoms. The van der Waals surface area contributed by atoms with Crippen LogP contribution in [0.25, 0.3) is 0 Å². The average Bonchev–Trinajstić information content (AvgIpc) is 3.08. The van der Waals surface area contributed by atoms with E-state index in [-0.39, 0.29) is 17.8 Å². The molecule has 0 saturated heterocycles. The van der Waals surface area contributed by atoms with Crippen LogP contribution in [0.4, 0.5) is 5.69 Å². The van der Waals surface area contributed by atoms with Gasteiger partial charge < -0.3 is 15.0 Å². The van der Waals surface area contributed by atoms with Crippen LogP contribution < -0.4 is 5.32 Å². The molecule has 2 rings (SSSR count). The number of carbonyl (C=O) groups excluding carboxylic acids is 2. The highest BCUT2D eigenvalue weighted by Gasteiger charge is 2.53. The molecule has 0 radical (unpaired) electrons. The first kappa shape index (κ1) is 13.1. The maximum Gasteiger partial charge on any atom is 0.356 e. The maximum absolute atomic E-state index is 11.8. The molecule has 1 saturated carbocycles. The molecule has 0 aliphatic heterocycles. The number of anilines is 1. The van der Waals surface area contributed by atoms with Gasteiger partial charge in [0.15, 0.2) is 0 Å². The Morgan fingerprint density at radius 2 is 2.26 bits per heavy atom. The number of aryl methyl sites for hydroxylation is 1. The summed E-state index contributed by atoms with van der Waals surface area (Å²) in [6.45, 7) is 1.72. The lowest BCUT2D eigenvalue weighted by atomic mass is 10.3. The van der Waals surface area contributed by atoms with Crippen molar-refractivity contribution in [2.45, 2.75) is 19.4 Å². The number of rotatable bonds is 4. The summed E-state index contributed by atoms with van der Waals surface area (Å²) in [7, 11) is 1.23. The van der Waals surface area contributed by atoms with E-state index in [1.165, 1.54) is 7.11 Å². The van der Waals surface area contributed by atoms with Crippen molar-refractivity contribution in [3.05, 3.63) is 27.6 Å². The van der Waals surface area contributed by atoms with Crippen LogP contribution in [0.1, 0.15) is 22.6 Å². The van der Waals surface area contributed by atoms with Gasteiger partial charge in [-0.25, -0.2) is 4.79 Å². The van der Waals surface area contributed by atoms with Gasteiger partial charge in [0.2, 0.25) is 11.9 Å². The molecule has 2 N–H and O–H groups in total. The number of methoxy groups -OCH3 is 1.